The van der Waals surface area contributed by atoms with Gasteiger partial charge in [0.1, 0.15) is 0 Å². The molecule has 1 aromatic rings. The van der Waals surface area contributed by atoms with Crippen LogP contribution in [-0.4, -0.2) is 28.1 Å². The Morgan fingerprint density at radius 3 is 2.31 bits per heavy atom. The van der Waals surface area contributed by atoms with E-state index in [1.165, 1.54) is 0 Å². The van der Waals surface area contributed by atoms with Gasteiger partial charge in [-0.1, -0.05) is 30.3 Å². The monoisotopic (exact) mass is 251 g/mol. The molecule has 6 heteroatoms. The van der Waals surface area contributed by atoms with Gasteiger partial charge in [-0.2, -0.15) is 13.2 Å². The molecule has 0 aliphatic carbocycles. The number of halogens is 3. The standard InChI is InChI=1S/C10H12F3NOS/c11-10(12,13)16-14(6-7-15)8-9-4-2-1-3-5-9/h1-5,15H,6-8H2. The Bertz CT molecular complexity index is 305. The van der Waals surface area contributed by atoms with Crippen molar-refractivity contribution in [3.63, 3.8) is 0 Å². The first kappa shape index (κ1) is 13.3. The number of benzene rings is 1. The van der Waals surface area contributed by atoms with Gasteiger partial charge in [-0.15, -0.1) is 0 Å². The number of aliphatic hydroxyl groups excluding tert-OH is 1. The molecule has 0 saturated carbocycles. The summed E-state index contributed by atoms with van der Waals surface area (Å²) < 4.78 is 37.6. The molecule has 0 spiro atoms. The highest BCUT2D eigenvalue weighted by atomic mass is 32.2. The maximum atomic E-state index is 12.2. The number of rotatable bonds is 5. The summed E-state index contributed by atoms with van der Waals surface area (Å²) in [6, 6.07) is 8.84. The first-order valence-corrected chi connectivity index (χ1v) is 5.44. The topological polar surface area (TPSA) is 23.5 Å². The summed E-state index contributed by atoms with van der Waals surface area (Å²) in [4.78, 5) is 0. The fourth-order valence-corrected chi connectivity index (χ4v) is 1.88. The smallest absolute Gasteiger partial charge is 0.395 e. The van der Waals surface area contributed by atoms with Crippen LogP contribution in [0.25, 0.3) is 0 Å². The molecule has 2 nitrogen and oxygen atoms in total. The van der Waals surface area contributed by atoms with Crippen LogP contribution in [0.1, 0.15) is 5.56 Å². The summed E-state index contributed by atoms with van der Waals surface area (Å²) in [6.45, 7) is -0.152. The summed E-state index contributed by atoms with van der Waals surface area (Å²) in [5.74, 6) is 0. The zero-order valence-electron chi connectivity index (χ0n) is 8.44. The van der Waals surface area contributed by atoms with Crippen molar-refractivity contribution in [1.29, 1.82) is 0 Å². The van der Waals surface area contributed by atoms with Crippen molar-refractivity contribution in [3.05, 3.63) is 35.9 Å². The van der Waals surface area contributed by atoms with E-state index in [1.54, 1.807) is 30.3 Å². The van der Waals surface area contributed by atoms with Gasteiger partial charge in [0, 0.05) is 25.0 Å². The molecule has 0 aliphatic heterocycles. The van der Waals surface area contributed by atoms with E-state index in [2.05, 4.69) is 0 Å². The quantitative estimate of drug-likeness (QED) is 0.814. The van der Waals surface area contributed by atoms with Crippen molar-refractivity contribution in [3.8, 4) is 0 Å². The van der Waals surface area contributed by atoms with Gasteiger partial charge in [0.2, 0.25) is 0 Å². The number of alkyl halides is 3. The average molecular weight is 251 g/mol. The molecule has 1 rings (SSSR count). The van der Waals surface area contributed by atoms with Crippen LogP contribution in [-0.2, 0) is 6.54 Å². The third-order valence-electron chi connectivity index (χ3n) is 1.78. The molecule has 0 saturated heterocycles. The van der Waals surface area contributed by atoms with Gasteiger partial charge in [-0.05, 0) is 5.56 Å². The van der Waals surface area contributed by atoms with E-state index >= 15 is 0 Å². The Balaban J connectivity index is 2.58. The van der Waals surface area contributed by atoms with E-state index in [0.29, 0.717) is 0 Å². The maximum absolute atomic E-state index is 12.2. The van der Waals surface area contributed by atoms with E-state index in [1.807, 2.05) is 0 Å². The van der Waals surface area contributed by atoms with Crippen LogP contribution in [0.4, 0.5) is 13.2 Å². The zero-order chi connectivity index (χ0) is 12.0. The molecule has 0 bridgehead atoms. The number of hydrogen-bond donors (Lipinski definition) is 1. The van der Waals surface area contributed by atoms with Crippen molar-refractivity contribution in [2.45, 2.75) is 12.1 Å². The molecule has 0 heterocycles. The van der Waals surface area contributed by atoms with E-state index < -0.39 is 5.51 Å². The number of hydrogen-bond acceptors (Lipinski definition) is 3. The van der Waals surface area contributed by atoms with E-state index in [-0.39, 0.29) is 31.6 Å². The molecular weight excluding hydrogens is 239 g/mol. The molecule has 1 aromatic carbocycles. The minimum Gasteiger partial charge on any atom is -0.395 e. The fourth-order valence-electron chi connectivity index (χ4n) is 1.20. The molecule has 16 heavy (non-hydrogen) atoms. The summed E-state index contributed by atoms with van der Waals surface area (Å²) in [6.07, 6.45) is 0. The zero-order valence-corrected chi connectivity index (χ0v) is 9.26. The first-order chi connectivity index (χ1) is 7.51. The lowest BCUT2D eigenvalue weighted by molar-refractivity contribution is -0.0366. The maximum Gasteiger partial charge on any atom is 0.456 e. The molecule has 1 N–H and O–H groups in total. The van der Waals surface area contributed by atoms with Crippen LogP contribution < -0.4 is 0 Å². The van der Waals surface area contributed by atoms with Crippen molar-refractivity contribution in [1.82, 2.24) is 4.31 Å². The lowest BCUT2D eigenvalue weighted by Crippen LogP contribution is -2.23. The third-order valence-corrected chi connectivity index (χ3v) is 2.56. The lowest BCUT2D eigenvalue weighted by atomic mass is 10.2. The van der Waals surface area contributed by atoms with Crippen LogP contribution in [0.3, 0.4) is 0 Å². The lowest BCUT2D eigenvalue weighted by Gasteiger charge is -2.21. The van der Waals surface area contributed by atoms with Crippen molar-refractivity contribution in [2.75, 3.05) is 13.2 Å². The molecule has 0 unspecified atom stereocenters. The Hall–Kier alpha value is -0.720. The SMILES string of the molecule is OCCN(Cc1ccccc1)SC(F)(F)F. The van der Waals surface area contributed by atoms with Crippen molar-refractivity contribution >= 4 is 11.9 Å². The van der Waals surface area contributed by atoms with Gasteiger partial charge in [0.05, 0.1) is 6.61 Å². The van der Waals surface area contributed by atoms with Gasteiger partial charge in [0.15, 0.2) is 0 Å². The Morgan fingerprint density at radius 2 is 1.81 bits per heavy atom. The van der Waals surface area contributed by atoms with Gasteiger partial charge in [0.25, 0.3) is 0 Å². The average Bonchev–Trinajstić information content (AvgIpc) is 2.17. The molecular formula is C10H12F3NOS. The van der Waals surface area contributed by atoms with Crippen LogP contribution in [0.5, 0.6) is 0 Å². The summed E-state index contributed by atoms with van der Waals surface area (Å²) in [5, 5.41) is 8.69. The van der Waals surface area contributed by atoms with Crippen LogP contribution in [0, 0.1) is 0 Å². The minimum absolute atomic E-state index is 0.0148. The molecule has 0 amide bonds. The second-order valence-electron chi connectivity index (χ2n) is 3.11. The predicted octanol–water partition coefficient (Wildman–Crippen LogP) is 2.65. The molecule has 0 aromatic heterocycles. The highest BCUT2D eigenvalue weighted by molar-refractivity contribution is 7.97. The third kappa shape index (κ3) is 5.39. The summed E-state index contributed by atoms with van der Waals surface area (Å²) in [7, 11) is 0. The van der Waals surface area contributed by atoms with Gasteiger partial charge in [-0.25, -0.2) is 4.31 Å². The molecule has 0 fully saturated rings. The highest BCUT2D eigenvalue weighted by Gasteiger charge is 2.32. The predicted molar refractivity (Wildman–Crippen MR) is 57.6 cm³/mol. The van der Waals surface area contributed by atoms with Gasteiger partial charge < -0.3 is 5.11 Å². The normalized spacial score (nSPS) is 12.1. The second kappa shape index (κ2) is 6.12. The van der Waals surface area contributed by atoms with E-state index in [9.17, 15) is 13.2 Å². The summed E-state index contributed by atoms with van der Waals surface area (Å²) >= 11 is -0.205. The molecule has 0 aliphatic rings. The van der Waals surface area contributed by atoms with Crippen LogP contribution in [0.2, 0.25) is 0 Å². The highest BCUT2D eigenvalue weighted by Crippen LogP contribution is 2.33. The summed E-state index contributed by atoms with van der Waals surface area (Å²) in [5.41, 5.74) is -3.53. The van der Waals surface area contributed by atoms with Gasteiger partial charge in [-0.3, -0.25) is 0 Å². The minimum atomic E-state index is -4.32. The van der Waals surface area contributed by atoms with E-state index in [0.717, 1.165) is 9.87 Å². The number of aliphatic hydroxyl groups is 1. The number of nitrogens with zero attached hydrogens (tertiary/aromatic N) is 1. The van der Waals surface area contributed by atoms with Gasteiger partial charge >= 0.3 is 5.51 Å². The Labute approximate surface area is 96.2 Å². The van der Waals surface area contributed by atoms with Crippen LogP contribution >= 0.6 is 11.9 Å². The Morgan fingerprint density at radius 1 is 1.19 bits per heavy atom. The first-order valence-electron chi connectivity index (χ1n) is 4.67. The van der Waals surface area contributed by atoms with Crippen molar-refractivity contribution in [2.24, 2.45) is 0 Å². The molecule has 0 radical (unpaired) electrons. The van der Waals surface area contributed by atoms with Crippen LogP contribution in [0.15, 0.2) is 30.3 Å². The van der Waals surface area contributed by atoms with Crippen molar-refractivity contribution < 1.29 is 18.3 Å². The molecule has 90 valence electrons. The largest absolute Gasteiger partial charge is 0.456 e. The fraction of sp³-hybridized carbons (Fsp3) is 0.400. The Kier molecular flexibility index (Phi) is 5.11. The van der Waals surface area contributed by atoms with E-state index in [4.69, 9.17) is 5.11 Å². The molecule has 0 atom stereocenters. The second-order valence-corrected chi connectivity index (χ2v) is 4.27.